The van der Waals surface area contributed by atoms with E-state index in [1.54, 1.807) is 0 Å². The molecule has 0 atom stereocenters. The monoisotopic (exact) mass is 133 g/mol. The van der Waals surface area contributed by atoms with E-state index in [-0.39, 0.29) is 0 Å². The fourth-order valence-electron chi connectivity index (χ4n) is 1.40. The first-order valence-corrected chi connectivity index (χ1v) is 3.47. The Balaban J connectivity index is 2.51. The Morgan fingerprint density at radius 2 is 1.50 bits per heavy atom. The number of rotatable bonds is 0. The summed E-state index contributed by atoms with van der Waals surface area (Å²) in [6.07, 6.45) is 1.52. The molecule has 0 aromatic heterocycles. The van der Waals surface area contributed by atoms with Crippen LogP contribution in [0.2, 0.25) is 0 Å². The highest BCUT2D eigenvalue weighted by Crippen LogP contribution is 2.17. The van der Waals surface area contributed by atoms with Crippen molar-refractivity contribution in [3.63, 3.8) is 0 Å². The Bertz CT molecular complexity index is 249. The minimum absolute atomic E-state index is 0.598. The smallest absolute Gasteiger partial charge is 0.283 e. The summed E-state index contributed by atoms with van der Waals surface area (Å²) in [5.41, 5.74) is 2.56. The maximum absolute atomic E-state index is 9.17. The van der Waals surface area contributed by atoms with Crippen LogP contribution in [0.5, 0.6) is 0 Å². The molecule has 0 bridgehead atoms. The first-order chi connectivity index (χ1) is 4.86. The average Bonchev–Trinajstić information content (AvgIpc) is 2.27. The van der Waals surface area contributed by atoms with Gasteiger partial charge < -0.3 is 0 Å². The minimum Gasteiger partial charge on any atom is -0.283 e. The van der Waals surface area contributed by atoms with E-state index in [1.165, 1.54) is 11.1 Å². The molecule has 0 fully saturated rings. The molecule has 1 N–H and O–H groups in total. The lowest BCUT2D eigenvalue weighted by atomic mass is 10.1. The van der Waals surface area contributed by atoms with Gasteiger partial charge in [0.25, 0.3) is 0 Å². The second-order valence-electron chi connectivity index (χ2n) is 2.69. The van der Waals surface area contributed by atoms with Gasteiger partial charge in [0.1, 0.15) is 0 Å². The number of ketones is 1. The van der Waals surface area contributed by atoms with Crippen LogP contribution in [0.15, 0.2) is 24.3 Å². The van der Waals surface area contributed by atoms with E-state index < -0.39 is 0 Å². The molecule has 10 heavy (non-hydrogen) atoms. The lowest BCUT2D eigenvalue weighted by Gasteiger charge is -1.90. The van der Waals surface area contributed by atoms with E-state index >= 15 is 0 Å². The van der Waals surface area contributed by atoms with Gasteiger partial charge in [-0.05, 0) is 11.1 Å². The van der Waals surface area contributed by atoms with Crippen molar-refractivity contribution in [1.29, 1.82) is 0 Å². The van der Waals surface area contributed by atoms with Crippen molar-refractivity contribution in [3.8, 4) is 0 Å². The molecule has 1 aromatic carbocycles. The molecular weight excluding hydrogens is 124 g/mol. The molecular formula is C9H9O+. The minimum atomic E-state index is 0.598. The second-order valence-corrected chi connectivity index (χ2v) is 2.69. The van der Waals surface area contributed by atoms with Crippen molar-refractivity contribution >= 4 is 5.78 Å². The van der Waals surface area contributed by atoms with Crippen LogP contribution in [0, 0.1) is 0 Å². The van der Waals surface area contributed by atoms with Crippen LogP contribution < -0.4 is 0 Å². The highest BCUT2D eigenvalue weighted by atomic mass is 16.1. The van der Waals surface area contributed by atoms with Crippen LogP contribution in [0.3, 0.4) is 0 Å². The standard InChI is InChI=1S/C9H8O/c10-9-5-7-3-1-2-4-8(7)6-9/h1-4H,5-6H2/p+1. The van der Waals surface area contributed by atoms with Gasteiger partial charge in [-0.15, -0.1) is 0 Å². The SMILES string of the molecule is [OH+]=C1Cc2ccccc2C1. The number of hydrogen-bond acceptors (Lipinski definition) is 0. The average molecular weight is 133 g/mol. The summed E-state index contributed by atoms with van der Waals surface area (Å²) in [6.45, 7) is 0. The van der Waals surface area contributed by atoms with E-state index in [0.717, 1.165) is 12.8 Å². The largest absolute Gasteiger partial charge is 0.301 e. The Morgan fingerprint density at radius 3 is 2.00 bits per heavy atom. The van der Waals surface area contributed by atoms with Gasteiger partial charge >= 0.3 is 5.78 Å². The predicted molar refractivity (Wildman–Crippen MR) is 40.8 cm³/mol. The molecule has 0 unspecified atom stereocenters. The Labute approximate surface area is 59.7 Å². The van der Waals surface area contributed by atoms with E-state index in [2.05, 4.69) is 12.1 Å². The first kappa shape index (κ1) is 5.66. The second kappa shape index (κ2) is 1.94. The van der Waals surface area contributed by atoms with Crippen molar-refractivity contribution in [2.75, 3.05) is 0 Å². The molecule has 1 aliphatic carbocycles. The normalized spacial score (nSPS) is 15.4. The van der Waals surface area contributed by atoms with Crippen LogP contribution in [0.25, 0.3) is 0 Å². The van der Waals surface area contributed by atoms with E-state index in [0.29, 0.717) is 5.78 Å². The molecule has 1 aliphatic rings. The van der Waals surface area contributed by atoms with Gasteiger partial charge in [-0.2, -0.15) is 0 Å². The Kier molecular flexibility index (Phi) is 1.10. The zero-order valence-electron chi connectivity index (χ0n) is 5.67. The van der Waals surface area contributed by atoms with Crippen molar-refractivity contribution in [1.82, 2.24) is 0 Å². The van der Waals surface area contributed by atoms with Gasteiger partial charge in [-0.3, -0.25) is 4.79 Å². The molecule has 1 heteroatoms. The van der Waals surface area contributed by atoms with E-state index in [1.807, 2.05) is 12.1 Å². The maximum Gasteiger partial charge on any atom is 0.301 e. The molecule has 0 amide bonds. The van der Waals surface area contributed by atoms with Crippen LogP contribution in [-0.2, 0) is 12.8 Å². The fourth-order valence-corrected chi connectivity index (χ4v) is 1.40. The molecule has 2 rings (SSSR count). The molecule has 50 valence electrons. The predicted octanol–water partition coefficient (Wildman–Crippen LogP) is 1.33. The van der Waals surface area contributed by atoms with Gasteiger partial charge in [0, 0.05) is 0 Å². The summed E-state index contributed by atoms with van der Waals surface area (Å²) in [4.78, 5) is 9.17. The summed E-state index contributed by atoms with van der Waals surface area (Å²) >= 11 is 0. The van der Waals surface area contributed by atoms with Crippen molar-refractivity contribution in [2.45, 2.75) is 12.8 Å². The van der Waals surface area contributed by atoms with Crippen LogP contribution in [0.4, 0.5) is 0 Å². The lowest BCUT2D eigenvalue weighted by molar-refractivity contribution is 0.660. The third kappa shape index (κ3) is 0.747. The molecule has 0 saturated carbocycles. The van der Waals surface area contributed by atoms with Crippen molar-refractivity contribution < 1.29 is 4.79 Å². The highest BCUT2D eigenvalue weighted by Gasteiger charge is 2.21. The molecule has 0 radical (unpaired) electrons. The van der Waals surface area contributed by atoms with Gasteiger partial charge in [-0.1, -0.05) is 24.3 Å². The number of fused-ring (bicyclic) bond motifs is 1. The van der Waals surface area contributed by atoms with Crippen LogP contribution >= 0.6 is 0 Å². The van der Waals surface area contributed by atoms with Crippen LogP contribution in [0.1, 0.15) is 11.1 Å². The maximum atomic E-state index is 9.17. The van der Waals surface area contributed by atoms with Crippen LogP contribution in [-0.4, -0.2) is 10.6 Å². The number of carbonyl (C=O) groups excluding carboxylic acids is 1. The number of benzene rings is 1. The summed E-state index contributed by atoms with van der Waals surface area (Å²) in [5.74, 6) is 0.598. The van der Waals surface area contributed by atoms with Gasteiger partial charge in [0.2, 0.25) is 0 Å². The summed E-state index contributed by atoms with van der Waals surface area (Å²) in [7, 11) is 0. The molecule has 1 nitrogen and oxygen atoms in total. The first-order valence-electron chi connectivity index (χ1n) is 3.47. The third-order valence-electron chi connectivity index (χ3n) is 1.91. The van der Waals surface area contributed by atoms with E-state index in [9.17, 15) is 0 Å². The van der Waals surface area contributed by atoms with Gasteiger partial charge in [-0.25, -0.2) is 0 Å². The molecule has 0 spiro atoms. The summed E-state index contributed by atoms with van der Waals surface area (Å²) in [6, 6.07) is 8.16. The zero-order chi connectivity index (χ0) is 6.97. The van der Waals surface area contributed by atoms with Gasteiger partial charge in [0.05, 0.1) is 12.8 Å². The molecule has 1 aromatic rings. The summed E-state index contributed by atoms with van der Waals surface area (Å²) < 4.78 is 0. The quantitative estimate of drug-likeness (QED) is 0.476. The third-order valence-corrected chi connectivity index (χ3v) is 1.91. The molecule has 0 aliphatic heterocycles. The lowest BCUT2D eigenvalue weighted by Crippen LogP contribution is -1.93. The highest BCUT2D eigenvalue weighted by molar-refractivity contribution is 5.88. The zero-order valence-corrected chi connectivity index (χ0v) is 5.67. The van der Waals surface area contributed by atoms with Gasteiger partial charge in [0.15, 0.2) is 0 Å². The molecule has 0 saturated heterocycles. The Morgan fingerprint density at radius 1 is 1.00 bits per heavy atom. The van der Waals surface area contributed by atoms with E-state index in [4.69, 9.17) is 4.79 Å². The molecule has 0 heterocycles. The van der Waals surface area contributed by atoms with Crippen molar-refractivity contribution in [3.05, 3.63) is 35.4 Å². The Hall–Kier alpha value is -1.11. The summed E-state index contributed by atoms with van der Waals surface area (Å²) in [5, 5.41) is 0. The number of hydrogen-bond donors (Lipinski definition) is 0. The van der Waals surface area contributed by atoms with Crippen molar-refractivity contribution in [2.24, 2.45) is 0 Å². The topological polar surface area (TPSA) is 21.4 Å². The fraction of sp³-hybridized carbons (Fsp3) is 0.222.